The second-order valence-corrected chi connectivity index (χ2v) is 5.61. The van der Waals surface area contributed by atoms with Crippen LogP contribution in [0.5, 0.6) is 11.5 Å². The molecule has 0 atom stereocenters. The Labute approximate surface area is 153 Å². The van der Waals surface area contributed by atoms with Crippen molar-refractivity contribution < 1.29 is 9.84 Å². The predicted octanol–water partition coefficient (Wildman–Crippen LogP) is 5.46. The summed E-state index contributed by atoms with van der Waals surface area (Å²) in [6.45, 7) is 0. The van der Waals surface area contributed by atoms with Crippen molar-refractivity contribution in [3.63, 3.8) is 0 Å². The van der Waals surface area contributed by atoms with Gasteiger partial charge >= 0.3 is 0 Å². The second kappa shape index (κ2) is 7.85. The van der Waals surface area contributed by atoms with E-state index >= 15 is 0 Å². The summed E-state index contributed by atoms with van der Waals surface area (Å²) in [5.41, 5.74) is 2.09. The summed E-state index contributed by atoms with van der Waals surface area (Å²) in [5, 5.41) is 20.6. The average molecular weight is 358 g/mol. The number of phenolic OH excluding ortho intramolecular Hbond substituents is 1. The molecule has 6 heteroatoms. The van der Waals surface area contributed by atoms with Crippen molar-refractivity contribution in [2.45, 2.75) is 0 Å². The molecule has 0 aliphatic heterocycles. The van der Waals surface area contributed by atoms with E-state index in [0.717, 1.165) is 16.5 Å². The molecular weight excluding hydrogens is 338 g/mol. The lowest BCUT2D eigenvalue weighted by molar-refractivity contribution is 0.416. The highest BCUT2D eigenvalue weighted by molar-refractivity contribution is 5.97. The summed E-state index contributed by atoms with van der Waals surface area (Å²) in [5.74, 6) is 0.729. The van der Waals surface area contributed by atoms with Gasteiger partial charge in [-0.05, 0) is 35.7 Å². The Kier molecular flexibility index (Phi) is 5.83. The monoisotopic (exact) mass is 357 g/mol. The number of ether oxygens (including phenoxy) is 1. The van der Waals surface area contributed by atoms with Gasteiger partial charge in [-0.1, -0.05) is 24.3 Å². The fourth-order valence-electron chi connectivity index (χ4n) is 2.48. The molecule has 0 bridgehead atoms. The van der Waals surface area contributed by atoms with Crippen molar-refractivity contribution in [2.24, 2.45) is 10.2 Å². The van der Waals surface area contributed by atoms with Gasteiger partial charge in [0.2, 0.25) is 0 Å². The van der Waals surface area contributed by atoms with Crippen LogP contribution in [0.15, 0.2) is 64.8 Å². The summed E-state index contributed by atoms with van der Waals surface area (Å²) in [7, 11) is 5.53. The minimum Gasteiger partial charge on any atom is -0.506 e. The Morgan fingerprint density at radius 3 is 2.40 bits per heavy atom. The fourth-order valence-corrected chi connectivity index (χ4v) is 2.48. The van der Waals surface area contributed by atoms with Gasteiger partial charge in [0.15, 0.2) is 0 Å². The molecule has 0 unspecified atom stereocenters. The molecule has 0 aliphatic carbocycles. The van der Waals surface area contributed by atoms with Crippen LogP contribution in [0.1, 0.15) is 0 Å². The molecule has 0 saturated heterocycles. The highest BCUT2D eigenvalue weighted by Crippen LogP contribution is 2.38. The maximum absolute atomic E-state index is 10.2. The van der Waals surface area contributed by atoms with Gasteiger partial charge in [0.1, 0.15) is 22.9 Å². The van der Waals surface area contributed by atoms with E-state index in [2.05, 4.69) is 10.2 Å². The third-order valence-electron chi connectivity index (χ3n) is 3.81. The van der Waals surface area contributed by atoms with Gasteiger partial charge in [0.25, 0.3) is 0 Å². The number of rotatable bonds is 4. The summed E-state index contributed by atoms with van der Waals surface area (Å²) < 4.78 is 5.28. The predicted molar refractivity (Wildman–Crippen MR) is 104 cm³/mol. The number of halogens is 1. The number of fused-ring (bicyclic) bond motifs is 1. The van der Waals surface area contributed by atoms with Crippen LogP contribution in [0.2, 0.25) is 0 Å². The summed E-state index contributed by atoms with van der Waals surface area (Å²) in [6, 6.07) is 16.9. The molecule has 3 aromatic rings. The molecule has 0 spiro atoms. The lowest BCUT2D eigenvalue weighted by Gasteiger charge is -2.14. The molecule has 0 saturated carbocycles. The number of phenols is 1. The molecule has 3 rings (SSSR count). The van der Waals surface area contributed by atoms with Crippen LogP contribution in [0.25, 0.3) is 10.8 Å². The number of anilines is 1. The van der Waals surface area contributed by atoms with Crippen molar-refractivity contribution in [1.82, 2.24) is 0 Å². The lowest BCUT2D eigenvalue weighted by Crippen LogP contribution is -2.07. The zero-order valence-electron chi connectivity index (χ0n) is 14.3. The SMILES string of the molecule is COc1ccccc1N=Nc1c(O)ccc2ccc(N(C)C)cc12.Cl. The number of hydrogen-bond donors (Lipinski definition) is 1. The molecule has 25 heavy (non-hydrogen) atoms. The smallest absolute Gasteiger partial charge is 0.146 e. The maximum atomic E-state index is 10.2. The second-order valence-electron chi connectivity index (χ2n) is 5.61. The Bertz CT molecular complexity index is 910. The zero-order valence-corrected chi connectivity index (χ0v) is 15.1. The van der Waals surface area contributed by atoms with Crippen LogP contribution in [-0.4, -0.2) is 26.3 Å². The van der Waals surface area contributed by atoms with Crippen molar-refractivity contribution in [3.8, 4) is 11.5 Å². The van der Waals surface area contributed by atoms with E-state index in [1.54, 1.807) is 13.2 Å². The molecule has 0 heterocycles. The van der Waals surface area contributed by atoms with Gasteiger partial charge in [-0.15, -0.1) is 22.6 Å². The normalized spacial score (nSPS) is 10.7. The molecule has 0 radical (unpaired) electrons. The largest absolute Gasteiger partial charge is 0.506 e. The number of hydrogen-bond acceptors (Lipinski definition) is 5. The average Bonchev–Trinajstić information content (AvgIpc) is 2.60. The first-order chi connectivity index (χ1) is 11.6. The fraction of sp³-hybridized carbons (Fsp3) is 0.158. The van der Waals surface area contributed by atoms with Gasteiger partial charge in [0, 0.05) is 25.2 Å². The Morgan fingerprint density at radius 2 is 1.68 bits per heavy atom. The van der Waals surface area contributed by atoms with Gasteiger partial charge in [-0.25, -0.2) is 0 Å². The third kappa shape index (κ3) is 3.83. The van der Waals surface area contributed by atoms with Crippen molar-refractivity contribution in [3.05, 3.63) is 54.6 Å². The van der Waals surface area contributed by atoms with Crippen molar-refractivity contribution in [2.75, 3.05) is 26.1 Å². The lowest BCUT2D eigenvalue weighted by atomic mass is 10.1. The zero-order chi connectivity index (χ0) is 17.1. The van der Waals surface area contributed by atoms with Gasteiger partial charge in [-0.2, -0.15) is 0 Å². The highest BCUT2D eigenvalue weighted by atomic mass is 35.5. The Morgan fingerprint density at radius 1 is 0.960 bits per heavy atom. The first-order valence-corrected chi connectivity index (χ1v) is 7.58. The minimum absolute atomic E-state index is 0. The number of nitrogens with zero attached hydrogens (tertiary/aromatic N) is 3. The minimum atomic E-state index is 0. The quantitative estimate of drug-likeness (QED) is 0.631. The van der Waals surface area contributed by atoms with Crippen LogP contribution >= 0.6 is 12.4 Å². The molecule has 0 fully saturated rings. The summed E-state index contributed by atoms with van der Waals surface area (Å²) in [4.78, 5) is 2.00. The van der Waals surface area contributed by atoms with E-state index in [1.165, 1.54) is 0 Å². The molecular formula is C19H20ClN3O2. The molecule has 5 nitrogen and oxygen atoms in total. The first kappa shape index (κ1) is 18.5. The van der Waals surface area contributed by atoms with Crippen LogP contribution in [0.4, 0.5) is 17.1 Å². The number of azo groups is 1. The van der Waals surface area contributed by atoms with Crippen LogP contribution in [0.3, 0.4) is 0 Å². The van der Waals surface area contributed by atoms with E-state index in [1.807, 2.05) is 67.5 Å². The van der Waals surface area contributed by atoms with Crippen molar-refractivity contribution >= 4 is 40.2 Å². The number of benzene rings is 3. The van der Waals surface area contributed by atoms with E-state index in [0.29, 0.717) is 17.1 Å². The standard InChI is InChI=1S/C19H19N3O2.ClH/c1-22(2)14-10-8-13-9-11-17(23)19(15(13)12-14)21-20-16-6-4-5-7-18(16)24-3;/h4-12,23H,1-3H3;1H. The highest BCUT2D eigenvalue weighted by Gasteiger charge is 2.09. The van der Waals surface area contributed by atoms with Gasteiger partial charge < -0.3 is 14.7 Å². The molecule has 130 valence electrons. The molecule has 3 aromatic carbocycles. The van der Waals surface area contributed by atoms with Crippen LogP contribution in [-0.2, 0) is 0 Å². The summed E-state index contributed by atoms with van der Waals surface area (Å²) in [6.07, 6.45) is 0. The van der Waals surface area contributed by atoms with Crippen molar-refractivity contribution in [1.29, 1.82) is 0 Å². The molecule has 0 amide bonds. The third-order valence-corrected chi connectivity index (χ3v) is 3.81. The number of methoxy groups -OCH3 is 1. The van der Waals surface area contributed by atoms with Crippen LogP contribution < -0.4 is 9.64 Å². The summed E-state index contributed by atoms with van der Waals surface area (Å²) >= 11 is 0. The maximum Gasteiger partial charge on any atom is 0.146 e. The first-order valence-electron chi connectivity index (χ1n) is 7.58. The van der Waals surface area contributed by atoms with Gasteiger partial charge in [0.05, 0.1) is 7.11 Å². The number of aromatic hydroxyl groups is 1. The topological polar surface area (TPSA) is 57.4 Å². The van der Waals surface area contributed by atoms with E-state index in [9.17, 15) is 5.11 Å². The Balaban J connectivity index is 0.00000225. The number of para-hydroxylation sites is 1. The Hall–Kier alpha value is -2.79. The van der Waals surface area contributed by atoms with Crippen LogP contribution in [0, 0.1) is 0 Å². The molecule has 0 aliphatic rings. The van der Waals surface area contributed by atoms with E-state index in [-0.39, 0.29) is 18.2 Å². The molecule has 1 N–H and O–H groups in total. The molecule has 0 aromatic heterocycles. The van der Waals surface area contributed by atoms with E-state index in [4.69, 9.17) is 4.74 Å². The van der Waals surface area contributed by atoms with E-state index < -0.39 is 0 Å². The van der Waals surface area contributed by atoms with Gasteiger partial charge in [-0.3, -0.25) is 0 Å².